The van der Waals surface area contributed by atoms with Gasteiger partial charge in [0.2, 0.25) is 5.91 Å². The van der Waals surface area contributed by atoms with Crippen LogP contribution in [0.3, 0.4) is 0 Å². The van der Waals surface area contributed by atoms with Gasteiger partial charge in [-0.2, -0.15) is 0 Å². The minimum atomic E-state index is -0.992. The average Bonchev–Trinajstić information content (AvgIpc) is 2.41. The summed E-state index contributed by atoms with van der Waals surface area (Å²) in [7, 11) is 0. The first-order valence-electron chi connectivity index (χ1n) is 6.82. The molecular weight excluding hydrogens is 250 g/mol. The summed E-state index contributed by atoms with van der Waals surface area (Å²) in [5.74, 6) is -1.37. The number of carboxylic acid groups (broad SMARTS) is 1. The van der Waals surface area contributed by atoms with E-state index in [4.69, 9.17) is 9.47 Å². The molecule has 0 bridgehead atoms. The van der Waals surface area contributed by atoms with Crippen molar-refractivity contribution in [2.45, 2.75) is 38.6 Å². The number of carboxylic acids is 1. The summed E-state index contributed by atoms with van der Waals surface area (Å²) in [4.78, 5) is 22.9. The third kappa shape index (κ3) is 6.02. The normalized spacial score (nSPS) is 20.8. The van der Waals surface area contributed by atoms with Crippen molar-refractivity contribution in [1.82, 2.24) is 5.32 Å². The van der Waals surface area contributed by atoms with E-state index in [0.717, 1.165) is 12.8 Å². The second-order valence-electron chi connectivity index (χ2n) is 4.66. The van der Waals surface area contributed by atoms with Gasteiger partial charge < -0.3 is 19.9 Å². The molecule has 0 saturated carbocycles. The quantitative estimate of drug-likeness (QED) is 0.639. The van der Waals surface area contributed by atoms with Gasteiger partial charge >= 0.3 is 5.97 Å². The average molecular weight is 273 g/mol. The lowest BCUT2D eigenvalue weighted by molar-refractivity contribution is -0.145. The van der Waals surface area contributed by atoms with Crippen LogP contribution >= 0.6 is 0 Å². The highest BCUT2D eigenvalue weighted by Crippen LogP contribution is 2.18. The number of carbonyl (C=O) groups excluding carboxylic acids is 1. The Morgan fingerprint density at radius 1 is 1.53 bits per heavy atom. The molecule has 1 rings (SSSR count). The molecule has 2 atom stereocenters. The van der Waals surface area contributed by atoms with E-state index in [2.05, 4.69) is 5.32 Å². The summed E-state index contributed by atoms with van der Waals surface area (Å²) in [5.41, 5.74) is 0. The molecule has 1 fully saturated rings. The molecule has 0 aromatic carbocycles. The molecule has 110 valence electrons. The van der Waals surface area contributed by atoms with E-state index in [1.54, 1.807) is 0 Å². The number of hydrogen-bond acceptors (Lipinski definition) is 4. The Balaban J connectivity index is 2.35. The van der Waals surface area contributed by atoms with Crippen LogP contribution < -0.4 is 5.32 Å². The van der Waals surface area contributed by atoms with Crippen LogP contribution in [0.1, 0.15) is 32.6 Å². The Labute approximate surface area is 113 Å². The fraction of sp³-hybridized carbons (Fsp3) is 0.846. The van der Waals surface area contributed by atoms with Crippen LogP contribution in [-0.2, 0) is 19.1 Å². The second-order valence-corrected chi connectivity index (χ2v) is 4.66. The van der Waals surface area contributed by atoms with Crippen LogP contribution in [0, 0.1) is 5.92 Å². The third-order valence-corrected chi connectivity index (χ3v) is 3.15. The summed E-state index contributed by atoms with van der Waals surface area (Å²) >= 11 is 0. The van der Waals surface area contributed by atoms with Crippen LogP contribution in [0.4, 0.5) is 0 Å². The molecule has 0 radical (unpaired) electrons. The molecule has 1 heterocycles. The van der Waals surface area contributed by atoms with E-state index in [9.17, 15) is 14.7 Å². The van der Waals surface area contributed by atoms with Gasteiger partial charge in [-0.05, 0) is 26.2 Å². The van der Waals surface area contributed by atoms with Crippen molar-refractivity contribution in [3.8, 4) is 0 Å². The monoisotopic (exact) mass is 273 g/mol. The molecule has 2 N–H and O–H groups in total. The molecule has 0 aliphatic carbocycles. The van der Waals surface area contributed by atoms with Crippen LogP contribution in [-0.4, -0.2) is 49.5 Å². The van der Waals surface area contributed by atoms with Crippen LogP contribution in [0.25, 0.3) is 0 Å². The number of ether oxygens (including phenoxy) is 2. The zero-order valence-electron chi connectivity index (χ0n) is 11.4. The van der Waals surface area contributed by atoms with Crippen LogP contribution in [0.2, 0.25) is 0 Å². The first-order chi connectivity index (χ1) is 9.15. The zero-order chi connectivity index (χ0) is 14.1. The van der Waals surface area contributed by atoms with Crippen molar-refractivity contribution in [1.29, 1.82) is 0 Å². The van der Waals surface area contributed by atoms with Crippen molar-refractivity contribution in [3.63, 3.8) is 0 Å². The molecular formula is C13H23NO5. The van der Waals surface area contributed by atoms with E-state index < -0.39 is 12.0 Å². The Hall–Kier alpha value is -1.14. The summed E-state index contributed by atoms with van der Waals surface area (Å²) in [6.07, 6.45) is 2.51. The SMILES string of the molecule is CCOCCCC(=O)NC(C(=O)O)C1CCCOC1. The van der Waals surface area contributed by atoms with Crippen molar-refractivity contribution < 1.29 is 24.2 Å². The Bertz CT molecular complexity index is 289. The van der Waals surface area contributed by atoms with Gasteiger partial charge in [-0.3, -0.25) is 4.79 Å². The zero-order valence-corrected chi connectivity index (χ0v) is 11.4. The highest BCUT2D eigenvalue weighted by molar-refractivity contribution is 5.83. The summed E-state index contributed by atoms with van der Waals surface area (Å²) in [6.45, 7) is 4.11. The van der Waals surface area contributed by atoms with Crippen molar-refractivity contribution in [3.05, 3.63) is 0 Å². The molecule has 6 nitrogen and oxygen atoms in total. The van der Waals surface area contributed by atoms with E-state index in [-0.39, 0.29) is 18.2 Å². The summed E-state index contributed by atoms with van der Waals surface area (Å²) in [6, 6.07) is -0.847. The standard InChI is InChI=1S/C13H23NO5/c1-2-18-7-4-6-11(15)14-12(13(16)17)10-5-3-8-19-9-10/h10,12H,2-9H2,1H3,(H,14,15)(H,16,17). The number of aliphatic carboxylic acids is 1. The van der Waals surface area contributed by atoms with E-state index in [1.807, 2.05) is 6.92 Å². The highest BCUT2D eigenvalue weighted by Gasteiger charge is 2.31. The van der Waals surface area contributed by atoms with E-state index in [1.165, 1.54) is 0 Å². The predicted octanol–water partition coefficient (Wildman–Crippen LogP) is 0.799. The molecule has 0 spiro atoms. The molecule has 0 aromatic heterocycles. The topological polar surface area (TPSA) is 84.9 Å². The maximum Gasteiger partial charge on any atom is 0.326 e. The van der Waals surface area contributed by atoms with E-state index in [0.29, 0.717) is 32.8 Å². The number of hydrogen-bond donors (Lipinski definition) is 2. The third-order valence-electron chi connectivity index (χ3n) is 3.15. The Morgan fingerprint density at radius 3 is 2.89 bits per heavy atom. The molecule has 6 heteroatoms. The summed E-state index contributed by atoms with van der Waals surface area (Å²) < 4.78 is 10.4. The van der Waals surface area contributed by atoms with Crippen molar-refractivity contribution in [2.24, 2.45) is 5.92 Å². The number of rotatable bonds is 8. The maximum atomic E-state index is 11.7. The molecule has 1 aliphatic heterocycles. The largest absolute Gasteiger partial charge is 0.480 e. The number of carbonyl (C=O) groups is 2. The molecule has 1 amide bonds. The van der Waals surface area contributed by atoms with Gasteiger partial charge in [0.1, 0.15) is 6.04 Å². The fourth-order valence-corrected chi connectivity index (χ4v) is 2.13. The molecule has 19 heavy (non-hydrogen) atoms. The van der Waals surface area contributed by atoms with Gasteiger partial charge in [-0.25, -0.2) is 4.79 Å². The smallest absolute Gasteiger partial charge is 0.326 e. The molecule has 2 unspecified atom stereocenters. The maximum absolute atomic E-state index is 11.7. The lowest BCUT2D eigenvalue weighted by Gasteiger charge is -2.28. The van der Waals surface area contributed by atoms with E-state index >= 15 is 0 Å². The lowest BCUT2D eigenvalue weighted by atomic mass is 9.93. The van der Waals surface area contributed by atoms with Crippen LogP contribution in [0.5, 0.6) is 0 Å². The van der Waals surface area contributed by atoms with Gasteiger partial charge in [-0.15, -0.1) is 0 Å². The number of nitrogens with one attached hydrogen (secondary N) is 1. The first-order valence-corrected chi connectivity index (χ1v) is 6.82. The minimum Gasteiger partial charge on any atom is -0.480 e. The van der Waals surface area contributed by atoms with Gasteiger partial charge in [0.05, 0.1) is 6.61 Å². The highest BCUT2D eigenvalue weighted by atomic mass is 16.5. The van der Waals surface area contributed by atoms with Crippen LogP contribution in [0.15, 0.2) is 0 Å². The van der Waals surface area contributed by atoms with Gasteiger partial charge in [0.15, 0.2) is 0 Å². The number of amides is 1. The molecule has 1 aliphatic rings. The minimum absolute atomic E-state index is 0.137. The predicted molar refractivity (Wildman–Crippen MR) is 68.8 cm³/mol. The fourth-order valence-electron chi connectivity index (χ4n) is 2.13. The molecule has 1 saturated heterocycles. The first kappa shape index (κ1) is 15.9. The van der Waals surface area contributed by atoms with Gasteiger partial charge in [-0.1, -0.05) is 0 Å². The Kier molecular flexibility index (Phi) is 7.43. The summed E-state index contributed by atoms with van der Waals surface area (Å²) in [5, 5.41) is 11.8. The van der Waals surface area contributed by atoms with Crippen molar-refractivity contribution >= 4 is 11.9 Å². The van der Waals surface area contributed by atoms with Gasteiger partial charge in [0, 0.05) is 32.2 Å². The lowest BCUT2D eigenvalue weighted by Crippen LogP contribution is -2.48. The van der Waals surface area contributed by atoms with Gasteiger partial charge in [0.25, 0.3) is 0 Å². The molecule has 0 aromatic rings. The Morgan fingerprint density at radius 2 is 2.32 bits per heavy atom. The van der Waals surface area contributed by atoms with Crippen molar-refractivity contribution in [2.75, 3.05) is 26.4 Å². The second kappa shape index (κ2) is 8.87.